The molecule has 5 nitrogen and oxygen atoms in total. The second-order valence-electron chi connectivity index (χ2n) is 4.51. The van der Waals surface area contributed by atoms with Gasteiger partial charge in [-0.2, -0.15) is 0 Å². The predicted octanol–water partition coefficient (Wildman–Crippen LogP) is 0.575. The number of rotatable bonds is 10. The fraction of sp³-hybridized carbons (Fsp3) is 1.00. The maximum atomic E-state index is 9.13. The summed E-state index contributed by atoms with van der Waals surface area (Å²) in [5.74, 6) is 0. The Hall–Kier alpha value is -0.200. The summed E-state index contributed by atoms with van der Waals surface area (Å²) in [5, 5.41) is 18.3. The van der Waals surface area contributed by atoms with Crippen LogP contribution in [0.5, 0.6) is 0 Å². The smallest absolute Gasteiger partial charge is 0.104 e. The molecule has 5 heteroatoms. The molecule has 0 radical (unpaired) electrons. The van der Waals surface area contributed by atoms with Crippen LogP contribution in [-0.4, -0.2) is 61.1 Å². The molecule has 0 aliphatic heterocycles. The van der Waals surface area contributed by atoms with E-state index in [9.17, 15) is 0 Å². The highest BCUT2D eigenvalue weighted by Gasteiger charge is 2.17. The van der Waals surface area contributed by atoms with Crippen molar-refractivity contribution in [1.29, 1.82) is 0 Å². The molecule has 2 N–H and O–H groups in total. The van der Waals surface area contributed by atoms with Gasteiger partial charge >= 0.3 is 0 Å². The van der Waals surface area contributed by atoms with Crippen LogP contribution in [0.1, 0.15) is 27.7 Å². The molecule has 0 aromatic heterocycles. The van der Waals surface area contributed by atoms with Gasteiger partial charge in [0.25, 0.3) is 0 Å². The van der Waals surface area contributed by atoms with E-state index in [0.717, 1.165) is 0 Å². The molecular formula is C12H26O5. The zero-order chi connectivity index (χ0) is 13.3. The Balaban J connectivity index is 3.94. The Bertz CT molecular complexity index is 154. The number of hydrogen-bond donors (Lipinski definition) is 2. The number of aliphatic hydroxyl groups excluding tert-OH is 2. The van der Waals surface area contributed by atoms with Gasteiger partial charge in [-0.25, -0.2) is 0 Å². The zero-order valence-corrected chi connectivity index (χ0v) is 11.3. The van der Waals surface area contributed by atoms with Gasteiger partial charge in [0.15, 0.2) is 0 Å². The van der Waals surface area contributed by atoms with E-state index in [1.54, 1.807) is 0 Å². The average Bonchev–Trinajstić information content (AvgIpc) is 2.27. The molecule has 0 bridgehead atoms. The van der Waals surface area contributed by atoms with Crippen molar-refractivity contribution in [2.24, 2.45) is 0 Å². The summed E-state index contributed by atoms with van der Waals surface area (Å²) < 4.78 is 16.2. The fourth-order valence-corrected chi connectivity index (χ4v) is 1.14. The minimum Gasteiger partial charge on any atom is -0.394 e. The quantitative estimate of drug-likeness (QED) is 0.593. The van der Waals surface area contributed by atoms with Crippen molar-refractivity contribution >= 4 is 0 Å². The lowest BCUT2D eigenvalue weighted by atomic mass is 10.3. The van der Waals surface area contributed by atoms with Crippen LogP contribution in [-0.2, 0) is 14.2 Å². The predicted molar refractivity (Wildman–Crippen MR) is 65.0 cm³/mol. The summed E-state index contributed by atoms with van der Waals surface area (Å²) in [6.07, 6.45) is -0.671. The van der Waals surface area contributed by atoms with Crippen LogP contribution < -0.4 is 0 Å². The lowest BCUT2D eigenvalue weighted by molar-refractivity contribution is -0.125. The lowest BCUT2D eigenvalue weighted by Gasteiger charge is -2.23. The normalized spacial score (nSPS) is 15.5. The maximum absolute atomic E-state index is 9.13. The average molecular weight is 250 g/mol. The molecule has 2 atom stereocenters. The topological polar surface area (TPSA) is 68.2 Å². The molecule has 0 heterocycles. The molecule has 0 aromatic rings. The van der Waals surface area contributed by atoms with Gasteiger partial charge in [-0.15, -0.1) is 0 Å². The molecule has 17 heavy (non-hydrogen) atoms. The molecular weight excluding hydrogens is 224 g/mol. The Morgan fingerprint density at radius 2 is 1.12 bits per heavy atom. The molecule has 0 saturated carbocycles. The Kier molecular flexibility index (Phi) is 9.68. The Labute approximate surface area is 104 Å². The van der Waals surface area contributed by atoms with E-state index in [0.29, 0.717) is 13.2 Å². The van der Waals surface area contributed by atoms with E-state index in [-0.39, 0.29) is 25.4 Å². The molecule has 104 valence electrons. The van der Waals surface area contributed by atoms with E-state index >= 15 is 0 Å². The summed E-state index contributed by atoms with van der Waals surface area (Å²) >= 11 is 0. The first kappa shape index (κ1) is 16.8. The van der Waals surface area contributed by atoms with E-state index in [1.807, 2.05) is 27.7 Å². The number of aliphatic hydroxyl groups is 2. The van der Waals surface area contributed by atoms with Gasteiger partial charge in [0.2, 0.25) is 0 Å². The monoisotopic (exact) mass is 250 g/mol. The van der Waals surface area contributed by atoms with Crippen molar-refractivity contribution < 1.29 is 24.4 Å². The first-order valence-corrected chi connectivity index (χ1v) is 6.10. The van der Waals surface area contributed by atoms with Gasteiger partial charge in [-0.1, -0.05) is 0 Å². The van der Waals surface area contributed by atoms with Crippen molar-refractivity contribution in [2.75, 3.05) is 26.4 Å². The first-order chi connectivity index (χ1) is 7.99. The van der Waals surface area contributed by atoms with Crippen molar-refractivity contribution in [3.8, 4) is 0 Å². The van der Waals surface area contributed by atoms with Crippen LogP contribution in [0, 0.1) is 0 Å². The van der Waals surface area contributed by atoms with Gasteiger partial charge in [-0.3, -0.25) is 0 Å². The first-order valence-electron chi connectivity index (χ1n) is 6.10. The highest BCUT2D eigenvalue weighted by atomic mass is 16.6. The third kappa shape index (κ3) is 9.50. The van der Waals surface area contributed by atoms with Crippen molar-refractivity contribution in [2.45, 2.75) is 52.1 Å². The van der Waals surface area contributed by atoms with Gasteiger partial charge in [0.1, 0.15) is 12.2 Å². The summed E-state index contributed by atoms with van der Waals surface area (Å²) in [4.78, 5) is 0. The largest absolute Gasteiger partial charge is 0.394 e. The molecule has 2 unspecified atom stereocenters. The van der Waals surface area contributed by atoms with Crippen LogP contribution in [0.25, 0.3) is 0 Å². The van der Waals surface area contributed by atoms with E-state index in [2.05, 4.69) is 0 Å². The molecule has 0 fully saturated rings. The SMILES string of the molecule is CC(C)OCC(CO)OC(CO)COC(C)C. The maximum Gasteiger partial charge on any atom is 0.104 e. The minimum atomic E-state index is -0.426. The van der Waals surface area contributed by atoms with Gasteiger partial charge < -0.3 is 24.4 Å². The van der Waals surface area contributed by atoms with Crippen molar-refractivity contribution in [3.63, 3.8) is 0 Å². The molecule has 0 aliphatic carbocycles. The van der Waals surface area contributed by atoms with Gasteiger partial charge in [0, 0.05) is 0 Å². The summed E-state index contributed by atoms with van der Waals surface area (Å²) in [7, 11) is 0. The van der Waals surface area contributed by atoms with Gasteiger partial charge in [-0.05, 0) is 27.7 Å². The third-order valence-electron chi connectivity index (χ3n) is 2.02. The van der Waals surface area contributed by atoms with Crippen LogP contribution in [0.15, 0.2) is 0 Å². The Morgan fingerprint density at radius 1 is 0.765 bits per heavy atom. The van der Waals surface area contributed by atoms with E-state index in [4.69, 9.17) is 24.4 Å². The fourth-order valence-electron chi connectivity index (χ4n) is 1.14. The third-order valence-corrected chi connectivity index (χ3v) is 2.02. The molecule has 0 rings (SSSR count). The molecule has 0 spiro atoms. The van der Waals surface area contributed by atoms with Crippen LogP contribution in [0.3, 0.4) is 0 Å². The summed E-state index contributed by atoms with van der Waals surface area (Å²) in [6.45, 7) is 8.02. The van der Waals surface area contributed by atoms with Gasteiger partial charge in [0.05, 0.1) is 38.6 Å². The van der Waals surface area contributed by atoms with E-state index in [1.165, 1.54) is 0 Å². The van der Waals surface area contributed by atoms with Crippen molar-refractivity contribution in [1.82, 2.24) is 0 Å². The highest BCUT2D eigenvalue weighted by molar-refractivity contribution is 4.62. The second kappa shape index (κ2) is 9.79. The Morgan fingerprint density at radius 3 is 1.35 bits per heavy atom. The molecule has 0 saturated heterocycles. The van der Waals surface area contributed by atoms with Crippen LogP contribution >= 0.6 is 0 Å². The highest BCUT2D eigenvalue weighted by Crippen LogP contribution is 2.03. The molecule has 0 amide bonds. The summed E-state index contributed by atoms with van der Waals surface area (Å²) in [5.41, 5.74) is 0. The minimum absolute atomic E-state index is 0.0899. The van der Waals surface area contributed by atoms with Crippen LogP contribution in [0.4, 0.5) is 0 Å². The number of hydrogen-bond acceptors (Lipinski definition) is 5. The summed E-state index contributed by atoms with van der Waals surface area (Å²) in [6, 6.07) is 0. The zero-order valence-electron chi connectivity index (χ0n) is 11.3. The van der Waals surface area contributed by atoms with E-state index < -0.39 is 12.2 Å². The molecule has 0 aliphatic rings. The van der Waals surface area contributed by atoms with Crippen LogP contribution in [0.2, 0.25) is 0 Å². The molecule has 0 aromatic carbocycles. The lowest BCUT2D eigenvalue weighted by Crippen LogP contribution is -2.35. The standard InChI is InChI=1S/C12H26O5/c1-9(2)15-7-11(5-13)17-12(6-14)8-16-10(3)4/h9-14H,5-8H2,1-4H3. The second-order valence-corrected chi connectivity index (χ2v) is 4.51. The number of ether oxygens (including phenoxy) is 3. The van der Waals surface area contributed by atoms with Crippen molar-refractivity contribution in [3.05, 3.63) is 0 Å².